The van der Waals surface area contributed by atoms with E-state index in [1.165, 1.54) is 22.9 Å². The third-order valence-corrected chi connectivity index (χ3v) is 1.96. The summed E-state index contributed by atoms with van der Waals surface area (Å²) in [4.78, 5) is 3.99. The fourth-order valence-electron chi connectivity index (χ4n) is 1.15. The normalized spacial score (nSPS) is 11.0. The summed E-state index contributed by atoms with van der Waals surface area (Å²) >= 11 is 5.73. The number of rotatable bonds is 1. The zero-order valence-electron chi connectivity index (χ0n) is 6.54. The van der Waals surface area contributed by atoms with Gasteiger partial charge in [-0.15, -0.1) is 0 Å². The van der Waals surface area contributed by atoms with E-state index in [1.807, 2.05) is 0 Å². The summed E-state index contributed by atoms with van der Waals surface area (Å²) in [6.07, 6.45) is 2.79. The molecule has 0 amide bonds. The molecule has 0 aliphatic heterocycles. The minimum absolute atomic E-state index is 0.181. The van der Waals surface area contributed by atoms with Crippen molar-refractivity contribution in [2.24, 2.45) is 0 Å². The largest absolute Gasteiger partial charge is 0.390 e. The second kappa shape index (κ2) is 2.97. The Morgan fingerprint density at radius 3 is 3.00 bits per heavy atom. The van der Waals surface area contributed by atoms with Gasteiger partial charge in [-0.2, -0.15) is 0 Å². The van der Waals surface area contributed by atoms with Crippen molar-refractivity contribution < 1.29 is 9.50 Å². The van der Waals surface area contributed by atoms with Crippen LogP contribution in [-0.4, -0.2) is 14.5 Å². The predicted molar refractivity (Wildman–Crippen MR) is 46.1 cm³/mol. The third-order valence-electron chi connectivity index (χ3n) is 1.68. The van der Waals surface area contributed by atoms with Crippen LogP contribution in [0, 0.1) is 5.82 Å². The molecular formula is C8H6ClFN2O. The highest BCUT2D eigenvalue weighted by molar-refractivity contribution is 6.33. The monoisotopic (exact) mass is 200 g/mol. The van der Waals surface area contributed by atoms with Crippen LogP contribution < -0.4 is 0 Å². The summed E-state index contributed by atoms with van der Waals surface area (Å²) in [5, 5.41) is 9.02. The van der Waals surface area contributed by atoms with Gasteiger partial charge in [0.1, 0.15) is 5.82 Å². The molecule has 0 atom stereocenters. The highest BCUT2D eigenvalue weighted by Gasteiger charge is 2.05. The predicted octanol–water partition coefficient (Wildman–Crippen LogP) is 1.62. The van der Waals surface area contributed by atoms with Crippen molar-refractivity contribution in [1.29, 1.82) is 0 Å². The Morgan fingerprint density at radius 2 is 2.31 bits per heavy atom. The lowest BCUT2D eigenvalue weighted by Crippen LogP contribution is -1.86. The maximum atomic E-state index is 12.8. The van der Waals surface area contributed by atoms with Crippen LogP contribution in [0.3, 0.4) is 0 Å². The topological polar surface area (TPSA) is 37.5 Å². The summed E-state index contributed by atoms with van der Waals surface area (Å²) in [5.41, 5.74) is 0.916. The van der Waals surface area contributed by atoms with Crippen molar-refractivity contribution in [3.8, 4) is 0 Å². The van der Waals surface area contributed by atoms with E-state index in [0.717, 1.165) is 0 Å². The van der Waals surface area contributed by atoms with E-state index in [4.69, 9.17) is 16.7 Å². The maximum Gasteiger partial charge on any atom is 0.156 e. The summed E-state index contributed by atoms with van der Waals surface area (Å²) in [5.74, 6) is -0.431. The smallest absolute Gasteiger partial charge is 0.156 e. The number of pyridine rings is 1. The Kier molecular flexibility index (Phi) is 1.94. The molecule has 0 aliphatic carbocycles. The summed E-state index contributed by atoms with van der Waals surface area (Å²) in [6.45, 7) is -0.181. The van der Waals surface area contributed by atoms with Gasteiger partial charge in [-0.3, -0.25) is 0 Å². The van der Waals surface area contributed by atoms with Crippen LogP contribution in [-0.2, 0) is 6.61 Å². The first-order chi connectivity index (χ1) is 6.20. The Hall–Kier alpha value is -1.13. The van der Waals surface area contributed by atoms with Gasteiger partial charge in [0.05, 0.1) is 17.3 Å². The number of hydrogen-bond acceptors (Lipinski definition) is 2. The number of imidazole rings is 1. The van der Waals surface area contributed by atoms with E-state index in [0.29, 0.717) is 11.3 Å². The molecule has 0 aromatic carbocycles. The van der Waals surface area contributed by atoms with Crippen LogP contribution in [0.1, 0.15) is 5.69 Å². The van der Waals surface area contributed by atoms with Gasteiger partial charge in [0.15, 0.2) is 5.65 Å². The average molecular weight is 201 g/mol. The molecule has 68 valence electrons. The van der Waals surface area contributed by atoms with Gasteiger partial charge in [0.2, 0.25) is 0 Å². The van der Waals surface area contributed by atoms with Crippen LogP contribution in [0.15, 0.2) is 18.5 Å². The average Bonchev–Trinajstić information content (AvgIpc) is 2.47. The molecule has 0 aliphatic rings. The minimum atomic E-state index is -0.431. The molecule has 0 fully saturated rings. The fraction of sp³-hybridized carbons (Fsp3) is 0.125. The third kappa shape index (κ3) is 1.38. The molecule has 0 bridgehead atoms. The molecule has 1 N–H and O–H groups in total. The first-order valence-corrected chi connectivity index (χ1v) is 4.02. The SMILES string of the molecule is OCc1cn2cc(F)cc(Cl)c2n1. The molecule has 2 aromatic heterocycles. The van der Waals surface area contributed by atoms with Gasteiger partial charge < -0.3 is 9.51 Å². The van der Waals surface area contributed by atoms with E-state index in [-0.39, 0.29) is 11.6 Å². The van der Waals surface area contributed by atoms with Gasteiger partial charge in [0.25, 0.3) is 0 Å². The molecule has 3 nitrogen and oxygen atoms in total. The molecule has 2 heterocycles. The van der Waals surface area contributed by atoms with E-state index < -0.39 is 5.82 Å². The van der Waals surface area contributed by atoms with Crippen molar-refractivity contribution in [2.45, 2.75) is 6.61 Å². The van der Waals surface area contributed by atoms with Crippen LogP contribution in [0.5, 0.6) is 0 Å². The molecule has 0 saturated heterocycles. The van der Waals surface area contributed by atoms with E-state index in [1.54, 1.807) is 0 Å². The van der Waals surface area contributed by atoms with Crippen LogP contribution in [0.4, 0.5) is 4.39 Å². The van der Waals surface area contributed by atoms with Crippen molar-refractivity contribution in [2.75, 3.05) is 0 Å². The summed E-state index contributed by atoms with van der Waals surface area (Å²) < 4.78 is 14.3. The zero-order chi connectivity index (χ0) is 9.42. The Morgan fingerprint density at radius 1 is 1.54 bits per heavy atom. The number of aliphatic hydroxyl groups excluding tert-OH is 1. The van der Waals surface area contributed by atoms with Gasteiger partial charge in [-0.1, -0.05) is 11.6 Å². The fourth-order valence-corrected chi connectivity index (χ4v) is 1.40. The number of halogens is 2. The Labute approximate surface area is 78.4 Å². The molecular weight excluding hydrogens is 195 g/mol. The lowest BCUT2D eigenvalue weighted by Gasteiger charge is -1.94. The standard InChI is InChI=1S/C8H6ClFN2O/c9-7-1-5(10)2-12-3-6(4-13)11-8(7)12/h1-3,13H,4H2. The lowest BCUT2D eigenvalue weighted by atomic mass is 10.4. The number of aliphatic hydroxyl groups is 1. The van der Waals surface area contributed by atoms with Gasteiger partial charge in [-0.25, -0.2) is 9.37 Å². The highest BCUT2D eigenvalue weighted by Crippen LogP contribution is 2.18. The maximum absolute atomic E-state index is 12.8. The molecule has 5 heteroatoms. The van der Waals surface area contributed by atoms with Crippen molar-refractivity contribution in [3.05, 3.63) is 35.0 Å². The molecule has 2 aromatic rings. The minimum Gasteiger partial charge on any atom is -0.390 e. The molecule has 0 saturated carbocycles. The van der Waals surface area contributed by atoms with Crippen molar-refractivity contribution >= 4 is 17.2 Å². The number of aromatic nitrogens is 2. The second-order valence-corrected chi connectivity index (χ2v) is 3.03. The molecule has 0 unspecified atom stereocenters. The van der Waals surface area contributed by atoms with Crippen LogP contribution in [0.25, 0.3) is 5.65 Å². The molecule has 2 rings (SSSR count). The first kappa shape index (κ1) is 8.47. The Bertz CT molecular complexity index is 455. The van der Waals surface area contributed by atoms with E-state index in [2.05, 4.69) is 4.98 Å². The lowest BCUT2D eigenvalue weighted by molar-refractivity contribution is 0.277. The van der Waals surface area contributed by atoms with Gasteiger partial charge in [0, 0.05) is 12.4 Å². The van der Waals surface area contributed by atoms with E-state index >= 15 is 0 Å². The van der Waals surface area contributed by atoms with Crippen LogP contribution >= 0.6 is 11.6 Å². The summed E-state index contributed by atoms with van der Waals surface area (Å²) in [6, 6.07) is 1.19. The zero-order valence-corrected chi connectivity index (χ0v) is 7.29. The second-order valence-electron chi connectivity index (χ2n) is 2.63. The van der Waals surface area contributed by atoms with Gasteiger partial charge in [-0.05, 0) is 6.07 Å². The van der Waals surface area contributed by atoms with Crippen molar-refractivity contribution in [3.63, 3.8) is 0 Å². The summed E-state index contributed by atoms with van der Waals surface area (Å²) in [7, 11) is 0. The van der Waals surface area contributed by atoms with Crippen molar-refractivity contribution in [1.82, 2.24) is 9.38 Å². The first-order valence-electron chi connectivity index (χ1n) is 3.64. The number of hydrogen-bond donors (Lipinski definition) is 1. The molecule has 13 heavy (non-hydrogen) atoms. The molecule has 0 spiro atoms. The number of nitrogens with zero attached hydrogens (tertiary/aromatic N) is 2. The van der Waals surface area contributed by atoms with E-state index in [9.17, 15) is 4.39 Å². The van der Waals surface area contributed by atoms with Gasteiger partial charge >= 0.3 is 0 Å². The Balaban J connectivity index is 2.75. The number of fused-ring (bicyclic) bond motifs is 1. The highest BCUT2D eigenvalue weighted by atomic mass is 35.5. The quantitative estimate of drug-likeness (QED) is 0.760. The van der Waals surface area contributed by atoms with Crippen LogP contribution in [0.2, 0.25) is 5.02 Å². The molecule has 0 radical (unpaired) electrons.